The molecule has 3 rings (SSSR count). The van der Waals surface area contributed by atoms with E-state index in [1.165, 1.54) is 22.9 Å². The van der Waals surface area contributed by atoms with Crippen molar-refractivity contribution in [3.05, 3.63) is 46.6 Å². The Morgan fingerprint density at radius 3 is 2.83 bits per heavy atom. The number of carbonyl (C=O) groups is 1. The Morgan fingerprint density at radius 2 is 2.09 bits per heavy atom. The molecule has 0 fully saturated rings. The molecule has 8 heteroatoms. The Morgan fingerprint density at radius 1 is 1.35 bits per heavy atom. The van der Waals surface area contributed by atoms with Crippen LogP contribution in [0, 0.1) is 0 Å². The van der Waals surface area contributed by atoms with Crippen molar-refractivity contribution in [1.29, 1.82) is 0 Å². The van der Waals surface area contributed by atoms with Crippen LogP contribution >= 0.6 is 0 Å². The SMILES string of the molecule is Cn1nc2c(c1NC(=O)c1ccccc1C(F)(F)F)CNCC2. The summed E-state index contributed by atoms with van der Waals surface area (Å²) in [6.07, 6.45) is -3.86. The number of hydrogen-bond acceptors (Lipinski definition) is 3. The molecule has 2 heterocycles. The van der Waals surface area contributed by atoms with Crippen molar-refractivity contribution in [1.82, 2.24) is 15.1 Å². The first-order valence-corrected chi connectivity index (χ1v) is 7.11. The summed E-state index contributed by atoms with van der Waals surface area (Å²) >= 11 is 0. The largest absolute Gasteiger partial charge is 0.417 e. The average molecular weight is 324 g/mol. The minimum absolute atomic E-state index is 0.404. The van der Waals surface area contributed by atoms with Gasteiger partial charge < -0.3 is 10.6 Å². The van der Waals surface area contributed by atoms with Crippen LogP contribution in [-0.2, 0) is 26.2 Å². The molecule has 1 aromatic carbocycles. The summed E-state index contributed by atoms with van der Waals surface area (Å²) in [4.78, 5) is 12.3. The maximum atomic E-state index is 13.0. The van der Waals surface area contributed by atoms with Crippen LogP contribution in [0.15, 0.2) is 24.3 Å². The molecule has 0 bridgehead atoms. The predicted octanol–water partition coefficient (Wildman–Crippen LogP) is 2.34. The van der Waals surface area contributed by atoms with Crippen molar-refractivity contribution >= 4 is 11.7 Å². The maximum Gasteiger partial charge on any atom is 0.417 e. The number of hydrogen-bond donors (Lipinski definition) is 2. The normalized spacial score (nSPS) is 14.4. The summed E-state index contributed by atoms with van der Waals surface area (Å²) in [5.41, 5.74) is 0.313. The molecule has 2 aromatic rings. The van der Waals surface area contributed by atoms with Gasteiger partial charge in [-0.2, -0.15) is 18.3 Å². The van der Waals surface area contributed by atoms with E-state index >= 15 is 0 Å². The number of aromatic nitrogens is 2. The van der Waals surface area contributed by atoms with Crippen LogP contribution in [0.3, 0.4) is 0 Å². The summed E-state index contributed by atoms with van der Waals surface area (Å²) in [6.45, 7) is 1.31. The molecular weight excluding hydrogens is 309 g/mol. The number of rotatable bonds is 2. The summed E-state index contributed by atoms with van der Waals surface area (Å²) in [6, 6.07) is 4.73. The minimum atomic E-state index is -4.58. The van der Waals surface area contributed by atoms with Gasteiger partial charge in [0.05, 0.1) is 16.8 Å². The van der Waals surface area contributed by atoms with Gasteiger partial charge in [0.15, 0.2) is 0 Å². The molecule has 1 amide bonds. The molecule has 5 nitrogen and oxygen atoms in total. The lowest BCUT2D eigenvalue weighted by Gasteiger charge is -2.15. The van der Waals surface area contributed by atoms with E-state index < -0.39 is 23.2 Å². The summed E-state index contributed by atoms with van der Waals surface area (Å²) in [5.74, 6) is -0.372. The number of nitrogens with zero attached hydrogens (tertiary/aromatic N) is 2. The Hall–Kier alpha value is -2.35. The molecule has 0 aliphatic carbocycles. The molecule has 0 radical (unpaired) electrons. The van der Waals surface area contributed by atoms with Gasteiger partial charge in [0.1, 0.15) is 5.82 Å². The fraction of sp³-hybridized carbons (Fsp3) is 0.333. The van der Waals surface area contributed by atoms with Gasteiger partial charge in [0, 0.05) is 32.1 Å². The van der Waals surface area contributed by atoms with Crippen LogP contribution in [0.2, 0.25) is 0 Å². The number of carbonyl (C=O) groups excluding carboxylic acids is 1. The van der Waals surface area contributed by atoms with Gasteiger partial charge in [0.2, 0.25) is 0 Å². The van der Waals surface area contributed by atoms with Gasteiger partial charge >= 0.3 is 6.18 Å². The van der Waals surface area contributed by atoms with Crippen LogP contribution < -0.4 is 10.6 Å². The molecular formula is C15H15F3N4O. The number of alkyl halides is 3. The quantitative estimate of drug-likeness (QED) is 0.891. The molecule has 0 saturated carbocycles. The summed E-state index contributed by atoms with van der Waals surface area (Å²) in [5, 5.41) is 10.0. The molecule has 122 valence electrons. The van der Waals surface area contributed by atoms with Gasteiger partial charge in [-0.05, 0) is 12.1 Å². The molecule has 0 saturated heterocycles. The number of halogens is 3. The maximum absolute atomic E-state index is 13.0. The zero-order valence-corrected chi connectivity index (χ0v) is 12.4. The van der Waals surface area contributed by atoms with E-state index in [0.29, 0.717) is 12.4 Å². The average Bonchev–Trinajstić information content (AvgIpc) is 2.82. The number of aryl methyl sites for hydroxylation is 1. The lowest BCUT2D eigenvalue weighted by molar-refractivity contribution is -0.137. The van der Waals surface area contributed by atoms with E-state index in [2.05, 4.69) is 15.7 Å². The van der Waals surface area contributed by atoms with E-state index in [1.54, 1.807) is 7.05 Å². The molecule has 23 heavy (non-hydrogen) atoms. The molecule has 0 unspecified atom stereocenters. The second kappa shape index (κ2) is 5.69. The van der Waals surface area contributed by atoms with Gasteiger partial charge in [-0.1, -0.05) is 12.1 Å². The van der Waals surface area contributed by atoms with Gasteiger partial charge in [-0.25, -0.2) is 0 Å². The van der Waals surface area contributed by atoms with Gasteiger partial charge in [-0.3, -0.25) is 9.48 Å². The van der Waals surface area contributed by atoms with Crippen LogP contribution in [0.4, 0.5) is 19.0 Å². The number of benzene rings is 1. The summed E-state index contributed by atoms with van der Waals surface area (Å²) in [7, 11) is 1.66. The predicted molar refractivity (Wildman–Crippen MR) is 78.0 cm³/mol. The van der Waals surface area contributed by atoms with Crippen molar-refractivity contribution in [2.24, 2.45) is 7.05 Å². The van der Waals surface area contributed by atoms with Gasteiger partial charge in [0.25, 0.3) is 5.91 Å². The van der Waals surface area contributed by atoms with E-state index in [9.17, 15) is 18.0 Å². The molecule has 1 aromatic heterocycles. The first kappa shape index (κ1) is 15.5. The van der Waals surface area contributed by atoms with Gasteiger partial charge in [-0.15, -0.1) is 0 Å². The van der Waals surface area contributed by atoms with E-state index in [0.717, 1.165) is 30.3 Å². The number of fused-ring (bicyclic) bond motifs is 1. The smallest absolute Gasteiger partial charge is 0.312 e. The third-order valence-corrected chi connectivity index (χ3v) is 3.78. The third kappa shape index (κ3) is 2.94. The van der Waals surface area contributed by atoms with Crippen molar-refractivity contribution in [3.63, 3.8) is 0 Å². The van der Waals surface area contributed by atoms with E-state index in [4.69, 9.17) is 0 Å². The Bertz CT molecular complexity index is 752. The topological polar surface area (TPSA) is 59.0 Å². The van der Waals surface area contributed by atoms with Crippen LogP contribution in [0.1, 0.15) is 27.2 Å². The zero-order valence-electron chi connectivity index (χ0n) is 12.4. The molecule has 1 aliphatic rings. The third-order valence-electron chi connectivity index (χ3n) is 3.78. The molecule has 2 N–H and O–H groups in total. The number of nitrogens with one attached hydrogen (secondary N) is 2. The number of amides is 1. The lowest BCUT2D eigenvalue weighted by Crippen LogP contribution is -2.25. The monoisotopic (exact) mass is 324 g/mol. The van der Waals surface area contributed by atoms with Crippen molar-refractivity contribution in [3.8, 4) is 0 Å². The first-order chi connectivity index (χ1) is 10.9. The fourth-order valence-electron chi connectivity index (χ4n) is 2.69. The summed E-state index contributed by atoms with van der Waals surface area (Å²) < 4.78 is 40.6. The Kier molecular flexibility index (Phi) is 3.85. The van der Waals surface area contributed by atoms with E-state index in [-0.39, 0.29) is 0 Å². The molecule has 1 aliphatic heterocycles. The second-order valence-corrected chi connectivity index (χ2v) is 5.32. The highest BCUT2D eigenvalue weighted by molar-refractivity contribution is 6.05. The van der Waals surface area contributed by atoms with E-state index in [1.807, 2.05) is 0 Å². The highest BCUT2D eigenvalue weighted by atomic mass is 19.4. The highest BCUT2D eigenvalue weighted by Gasteiger charge is 2.35. The minimum Gasteiger partial charge on any atom is -0.312 e. The van der Waals surface area contributed by atoms with Crippen LogP contribution in [0.25, 0.3) is 0 Å². The standard InChI is InChI=1S/C15H15F3N4O/c1-22-13(10-8-19-7-6-12(10)21-22)20-14(23)9-4-2-3-5-11(9)15(16,17)18/h2-5,19H,6-8H2,1H3,(H,20,23). The van der Waals surface area contributed by atoms with Crippen LogP contribution in [-0.4, -0.2) is 22.2 Å². The van der Waals surface area contributed by atoms with Crippen molar-refractivity contribution in [2.45, 2.75) is 19.1 Å². The Labute approximate surface area is 130 Å². The second-order valence-electron chi connectivity index (χ2n) is 5.32. The van der Waals surface area contributed by atoms with Crippen LogP contribution in [0.5, 0.6) is 0 Å². The molecule has 0 spiro atoms. The first-order valence-electron chi connectivity index (χ1n) is 7.11. The highest BCUT2D eigenvalue weighted by Crippen LogP contribution is 2.32. The lowest BCUT2D eigenvalue weighted by atomic mass is 10.1. The number of anilines is 1. The van der Waals surface area contributed by atoms with Crippen molar-refractivity contribution in [2.75, 3.05) is 11.9 Å². The van der Waals surface area contributed by atoms with Crippen molar-refractivity contribution < 1.29 is 18.0 Å². The zero-order chi connectivity index (χ0) is 16.6. The Balaban J connectivity index is 1.94. The fourth-order valence-corrected chi connectivity index (χ4v) is 2.69. The molecule has 0 atom stereocenters.